The fourth-order valence-corrected chi connectivity index (χ4v) is 2.94. The highest BCUT2D eigenvalue weighted by Gasteiger charge is 2.19. The zero-order valence-corrected chi connectivity index (χ0v) is 14.6. The van der Waals surface area contributed by atoms with Gasteiger partial charge < -0.3 is 14.5 Å². The molecular weight excluding hydrogens is 312 g/mol. The van der Waals surface area contributed by atoms with E-state index in [1.165, 1.54) is 5.69 Å². The lowest BCUT2D eigenvalue weighted by atomic mass is 10.2. The van der Waals surface area contributed by atoms with Gasteiger partial charge in [-0.2, -0.15) is 0 Å². The second-order valence-electron chi connectivity index (χ2n) is 5.98. The van der Waals surface area contributed by atoms with Crippen LogP contribution in [-0.4, -0.2) is 43.6 Å². The normalized spacial score (nSPS) is 14.8. The molecule has 0 radical (unpaired) electrons. The van der Waals surface area contributed by atoms with Crippen molar-refractivity contribution < 1.29 is 9.53 Å². The highest BCUT2D eigenvalue weighted by molar-refractivity contribution is 5.92. The molecule has 1 heterocycles. The van der Waals surface area contributed by atoms with Crippen LogP contribution < -0.4 is 9.64 Å². The summed E-state index contributed by atoms with van der Waals surface area (Å²) >= 11 is 0. The number of amides is 1. The molecule has 0 saturated carbocycles. The number of carbonyl (C=O) groups is 1. The minimum absolute atomic E-state index is 0.0709. The average Bonchev–Trinajstić information content (AvgIpc) is 2.68. The number of rotatable bonds is 5. The molecule has 0 aromatic heterocycles. The van der Waals surface area contributed by atoms with Crippen molar-refractivity contribution in [1.29, 1.82) is 0 Å². The summed E-state index contributed by atoms with van der Waals surface area (Å²) in [6.07, 6.45) is 3.52. The number of piperazine rings is 1. The molecule has 4 nitrogen and oxygen atoms in total. The molecule has 0 atom stereocenters. The Kier molecular flexibility index (Phi) is 5.73. The van der Waals surface area contributed by atoms with Crippen LogP contribution in [0.5, 0.6) is 5.75 Å². The lowest BCUT2D eigenvalue weighted by Gasteiger charge is -2.35. The Morgan fingerprint density at radius 3 is 2.32 bits per heavy atom. The summed E-state index contributed by atoms with van der Waals surface area (Å²) in [7, 11) is 0. The molecule has 25 heavy (non-hydrogen) atoms. The zero-order valence-electron chi connectivity index (χ0n) is 14.6. The Bertz CT molecular complexity index is 702. The van der Waals surface area contributed by atoms with Gasteiger partial charge in [-0.3, -0.25) is 4.79 Å². The molecule has 0 spiro atoms. The molecule has 1 aliphatic rings. The maximum Gasteiger partial charge on any atom is 0.246 e. The number of nitrogens with zero attached hydrogens (tertiary/aromatic N) is 2. The van der Waals surface area contributed by atoms with Crippen molar-refractivity contribution >= 4 is 17.7 Å². The van der Waals surface area contributed by atoms with Gasteiger partial charge in [-0.25, -0.2) is 0 Å². The van der Waals surface area contributed by atoms with E-state index < -0.39 is 0 Å². The molecule has 4 heteroatoms. The van der Waals surface area contributed by atoms with E-state index >= 15 is 0 Å². The van der Waals surface area contributed by atoms with Gasteiger partial charge in [0.15, 0.2) is 0 Å². The van der Waals surface area contributed by atoms with Crippen LogP contribution in [0.15, 0.2) is 60.7 Å². The molecular formula is C21H24N2O2. The molecule has 0 N–H and O–H groups in total. The number of hydrogen-bond acceptors (Lipinski definition) is 3. The summed E-state index contributed by atoms with van der Waals surface area (Å²) in [4.78, 5) is 16.6. The SMILES string of the molecule is CCOc1ccc(C=CC(=O)N2CCN(c3ccccc3)CC2)cc1. The summed E-state index contributed by atoms with van der Waals surface area (Å²) in [5.41, 5.74) is 2.22. The molecule has 2 aromatic rings. The summed E-state index contributed by atoms with van der Waals surface area (Å²) in [6, 6.07) is 18.1. The fourth-order valence-electron chi connectivity index (χ4n) is 2.94. The minimum atomic E-state index is 0.0709. The quantitative estimate of drug-likeness (QED) is 0.784. The number of anilines is 1. The van der Waals surface area contributed by atoms with Crippen LogP contribution in [0.4, 0.5) is 5.69 Å². The van der Waals surface area contributed by atoms with Gasteiger partial charge in [0.1, 0.15) is 5.75 Å². The first-order chi connectivity index (χ1) is 12.3. The van der Waals surface area contributed by atoms with Gasteiger partial charge >= 0.3 is 0 Å². The molecule has 3 rings (SSSR count). The third kappa shape index (κ3) is 4.63. The first-order valence-corrected chi connectivity index (χ1v) is 8.76. The summed E-state index contributed by atoms with van der Waals surface area (Å²) < 4.78 is 5.42. The van der Waals surface area contributed by atoms with Gasteiger partial charge in [0, 0.05) is 37.9 Å². The number of hydrogen-bond donors (Lipinski definition) is 0. The Labute approximate surface area is 149 Å². The van der Waals surface area contributed by atoms with E-state index in [0.29, 0.717) is 6.61 Å². The molecule has 1 saturated heterocycles. The smallest absolute Gasteiger partial charge is 0.246 e. The van der Waals surface area contributed by atoms with Gasteiger partial charge in [0.2, 0.25) is 5.91 Å². The van der Waals surface area contributed by atoms with Gasteiger partial charge in [0.25, 0.3) is 0 Å². The van der Waals surface area contributed by atoms with Gasteiger partial charge in [-0.05, 0) is 42.8 Å². The lowest BCUT2D eigenvalue weighted by Crippen LogP contribution is -2.48. The van der Waals surface area contributed by atoms with Crippen molar-refractivity contribution in [2.45, 2.75) is 6.92 Å². The van der Waals surface area contributed by atoms with Crippen molar-refractivity contribution in [3.8, 4) is 5.75 Å². The van der Waals surface area contributed by atoms with Crippen LogP contribution in [0.2, 0.25) is 0 Å². The predicted octanol–water partition coefficient (Wildman–Crippen LogP) is 3.45. The largest absolute Gasteiger partial charge is 0.494 e. The van der Waals surface area contributed by atoms with Crippen LogP contribution >= 0.6 is 0 Å². The van der Waals surface area contributed by atoms with Crippen LogP contribution in [0, 0.1) is 0 Å². The standard InChI is InChI=1S/C21H24N2O2/c1-2-25-20-11-8-18(9-12-20)10-13-21(24)23-16-14-22(15-17-23)19-6-4-3-5-7-19/h3-13H,2,14-17H2,1H3. The third-order valence-corrected chi connectivity index (χ3v) is 4.32. The second kappa shape index (κ2) is 8.38. The topological polar surface area (TPSA) is 32.8 Å². The third-order valence-electron chi connectivity index (χ3n) is 4.32. The van der Waals surface area contributed by atoms with Gasteiger partial charge in [0.05, 0.1) is 6.61 Å². The number of ether oxygens (including phenoxy) is 1. The Morgan fingerprint density at radius 1 is 1.00 bits per heavy atom. The molecule has 0 aliphatic carbocycles. The Hall–Kier alpha value is -2.75. The monoisotopic (exact) mass is 336 g/mol. The molecule has 1 fully saturated rings. The molecule has 1 amide bonds. The molecule has 0 bridgehead atoms. The highest BCUT2D eigenvalue weighted by Crippen LogP contribution is 2.16. The van der Waals surface area contributed by atoms with Crippen LogP contribution in [-0.2, 0) is 4.79 Å². The van der Waals surface area contributed by atoms with Crippen molar-refractivity contribution in [3.05, 3.63) is 66.2 Å². The van der Waals surface area contributed by atoms with Crippen LogP contribution in [0.3, 0.4) is 0 Å². The predicted molar refractivity (Wildman–Crippen MR) is 102 cm³/mol. The van der Waals surface area contributed by atoms with E-state index in [0.717, 1.165) is 37.5 Å². The van der Waals surface area contributed by atoms with E-state index in [4.69, 9.17) is 4.74 Å². The van der Waals surface area contributed by atoms with Crippen molar-refractivity contribution in [2.24, 2.45) is 0 Å². The van der Waals surface area contributed by atoms with Crippen LogP contribution in [0.1, 0.15) is 12.5 Å². The summed E-state index contributed by atoms with van der Waals surface area (Å²) in [5.74, 6) is 0.921. The Morgan fingerprint density at radius 2 is 1.68 bits per heavy atom. The minimum Gasteiger partial charge on any atom is -0.494 e. The van der Waals surface area contributed by atoms with E-state index in [2.05, 4.69) is 17.0 Å². The van der Waals surface area contributed by atoms with E-state index in [1.807, 2.05) is 60.4 Å². The lowest BCUT2D eigenvalue weighted by molar-refractivity contribution is -0.126. The summed E-state index contributed by atoms with van der Waals surface area (Å²) in [5, 5.41) is 0. The summed E-state index contributed by atoms with van der Waals surface area (Å²) in [6.45, 7) is 5.86. The molecule has 1 aliphatic heterocycles. The molecule has 130 valence electrons. The van der Waals surface area contributed by atoms with E-state index in [1.54, 1.807) is 6.08 Å². The second-order valence-corrected chi connectivity index (χ2v) is 5.98. The van der Waals surface area contributed by atoms with Gasteiger partial charge in [-0.15, -0.1) is 0 Å². The fraction of sp³-hybridized carbons (Fsp3) is 0.286. The first kappa shape index (κ1) is 17.1. The molecule has 0 unspecified atom stereocenters. The first-order valence-electron chi connectivity index (χ1n) is 8.76. The highest BCUT2D eigenvalue weighted by atomic mass is 16.5. The maximum absolute atomic E-state index is 12.4. The maximum atomic E-state index is 12.4. The molecule has 2 aromatic carbocycles. The average molecular weight is 336 g/mol. The van der Waals surface area contributed by atoms with Crippen molar-refractivity contribution in [3.63, 3.8) is 0 Å². The Balaban J connectivity index is 1.52. The van der Waals surface area contributed by atoms with E-state index in [-0.39, 0.29) is 5.91 Å². The van der Waals surface area contributed by atoms with Gasteiger partial charge in [-0.1, -0.05) is 30.3 Å². The number of benzene rings is 2. The van der Waals surface area contributed by atoms with E-state index in [9.17, 15) is 4.79 Å². The van der Waals surface area contributed by atoms with Crippen molar-refractivity contribution in [1.82, 2.24) is 4.90 Å². The zero-order chi connectivity index (χ0) is 17.5. The number of para-hydroxylation sites is 1. The number of carbonyl (C=O) groups excluding carboxylic acids is 1. The van der Waals surface area contributed by atoms with Crippen LogP contribution in [0.25, 0.3) is 6.08 Å². The van der Waals surface area contributed by atoms with Crippen molar-refractivity contribution in [2.75, 3.05) is 37.7 Å².